The molecule has 3 nitrogen and oxygen atoms in total. The van der Waals surface area contributed by atoms with E-state index in [0.29, 0.717) is 11.4 Å². The SMILES string of the molecule is CCCC(C)Oc1nc(C)cc(C)c1C#N. The fourth-order valence-electron chi connectivity index (χ4n) is 1.68. The summed E-state index contributed by atoms with van der Waals surface area (Å²) < 4.78 is 5.70. The fraction of sp³-hybridized carbons (Fsp3) is 0.538. The van der Waals surface area contributed by atoms with Crippen LogP contribution in [-0.2, 0) is 0 Å². The maximum atomic E-state index is 9.06. The summed E-state index contributed by atoms with van der Waals surface area (Å²) in [7, 11) is 0. The van der Waals surface area contributed by atoms with Crippen LogP contribution < -0.4 is 4.74 Å². The molecule has 0 fully saturated rings. The minimum atomic E-state index is 0.103. The Morgan fingerprint density at radius 2 is 2.19 bits per heavy atom. The summed E-state index contributed by atoms with van der Waals surface area (Å²) in [5.41, 5.74) is 2.36. The molecule has 86 valence electrons. The molecule has 1 unspecified atom stereocenters. The van der Waals surface area contributed by atoms with Gasteiger partial charge in [-0.15, -0.1) is 0 Å². The lowest BCUT2D eigenvalue weighted by molar-refractivity contribution is 0.200. The average Bonchev–Trinajstić information content (AvgIpc) is 2.17. The van der Waals surface area contributed by atoms with E-state index in [1.165, 1.54) is 0 Å². The van der Waals surface area contributed by atoms with E-state index in [1.54, 1.807) is 0 Å². The van der Waals surface area contributed by atoms with E-state index in [0.717, 1.165) is 24.1 Å². The molecule has 1 aromatic rings. The summed E-state index contributed by atoms with van der Waals surface area (Å²) in [6, 6.07) is 4.05. The highest BCUT2D eigenvalue weighted by atomic mass is 16.5. The van der Waals surface area contributed by atoms with Crippen LogP contribution in [-0.4, -0.2) is 11.1 Å². The minimum Gasteiger partial charge on any atom is -0.474 e. The van der Waals surface area contributed by atoms with Crippen LogP contribution >= 0.6 is 0 Å². The second-order valence-corrected chi connectivity index (χ2v) is 4.09. The van der Waals surface area contributed by atoms with Gasteiger partial charge in [0.25, 0.3) is 0 Å². The number of hydrogen-bond donors (Lipinski definition) is 0. The van der Waals surface area contributed by atoms with Crippen molar-refractivity contribution in [3.8, 4) is 11.9 Å². The Hall–Kier alpha value is -1.56. The lowest BCUT2D eigenvalue weighted by Crippen LogP contribution is -2.13. The summed E-state index contributed by atoms with van der Waals surface area (Å²) in [5.74, 6) is 0.473. The van der Waals surface area contributed by atoms with Crippen LogP contribution in [0.3, 0.4) is 0 Å². The normalized spacial score (nSPS) is 11.9. The summed E-state index contributed by atoms with van der Waals surface area (Å²) in [6.45, 7) is 7.93. The second-order valence-electron chi connectivity index (χ2n) is 4.09. The van der Waals surface area contributed by atoms with Gasteiger partial charge in [0.15, 0.2) is 0 Å². The molecule has 0 bridgehead atoms. The van der Waals surface area contributed by atoms with Crippen molar-refractivity contribution in [1.29, 1.82) is 5.26 Å². The summed E-state index contributed by atoms with van der Waals surface area (Å²) in [6.07, 6.45) is 2.14. The van der Waals surface area contributed by atoms with Gasteiger partial charge < -0.3 is 4.74 Å². The fourth-order valence-corrected chi connectivity index (χ4v) is 1.68. The molecule has 0 aliphatic heterocycles. The number of ether oxygens (including phenoxy) is 1. The molecule has 0 N–H and O–H groups in total. The van der Waals surface area contributed by atoms with Gasteiger partial charge in [0.05, 0.1) is 6.10 Å². The van der Waals surface area contributed by atoms with Gasteiger partial charge in [0.1, 0.15) is 11.6 Å². The molecule has 0 aliphatic rings. The van der Waals surface area contributed by atoms with Gasteiger partial charge >= 0.3 is 0 Å². The van der Waals surface area contributed by atoms with Crippen molar-refractivity contribution in [2.24, 2.45) is 0 Å². The van der Waals surface area contributed by atoms with Crippen molar-refractivity contribution in [2.75, 3.05) is 0 Å². The smallest absolute Gasteiger partial charge is 0.232 e. The van der Waals surface area contributed by atoms with Crippen LogP contribution in [0.4, 0.5) is 0 Å². The molecule has 0 spiro atoms. The largest absolute Gasteiger partial charge is 0.474 e. The zero-order valence-corrected chi connectivity index (χ0v) is 10.4. The Balaban J connectivity index is 2.99. The highest BCUT2D eigenvalue weighted by molar-refractivity contribution is 5.45. The first-order valence-corrected chi connectivity index (χ1v) is 5.63. The number of aryl methyl sites for hydroxylation is 2. The third-order valence-electron chi connectivity index (χ3n) is 2.43. The van der Waals surface area contributed by atoms with E-state index in [2.05, 4.69) is 18.0 Å². The van der Waals surface area contributed by atoms with Crippen LogP contribution in [0.25, 0.3) is 0 Å². The Morgan fingerprint density at radius 3 is 2.75 bits per heavy atom. The first-order chi connectivity index (χ1) is 7.58. The summed E-state index contributed by atoms with van der Waals surface area (Å²) >= 11 is 0. The Morgan fingerprint density at radius 1 is 1.50 bits per heavy atom. The molecule has 1 rings (SSSR count). The maximum Gasteiger partial charge on any atom is 0.232 e. The topological polar surface area (TPSA) is 45.9 Å². The van der Waals surface area contributed by atoms with E-state index >= 15 is 0 Å². The first kappa shape index (κ1) is 12.5. The predicted molar refractivity (Wildman–Crippen MR) is 63.4 cm³/mol. The van der Waals surface area contributed by atoms with Crippen LogP contribution in [0.15, 0.2) is 6.07 Å². The molecule has 0 saturated carbocycles. The molecule has 16 heavy (non-hydrogen) atoms. The van der Waals surface area contributed by atoms with Crippen LogP contribution in [0, 0.1) is 25.2 Å². The third kappa shape index (κ3) is 2.96. The molecular formula is C13H18N2O. The lowest BCUT2D eigenvalue weighted by atomic mass is 10.1. The second kappa shape index (κ2) is 5.50. The zero-order chi connectivity index (χ0) is 12.1. The van der Waals surface area contributed by atoms with Gasteiger partial charge in [-0.2, -0.15) is 5.26 Å². The van der Waals surface area contributed by atoms with Crippen LogP contribution in [0.2, 0.25) is 0 Å². The molecule has 0 saturated heterocycles. The lowest BCUT2D eigenvalue weighted by Gasteiger charge is -2.15. The maximum absolute atomic E-state index is 9.06. The number of nitrogens with zero attached hydrogens (tertiary/aromatic N) is 2. The quantitative estimate of drug-likeness (QED) is 0.780. The monoisotopic (exact) mass is 218 g/mol. The molecule has 0 radical (unpaired) electrons. The standard InChI is InChI=1S/C13H18N2O/c1-5-6-11(4)16-13-12(8-14)9(2)7-10(3)15-13/h7,11H,5-6H2,1-4H3. The highest BCUT2D eigenvalue weighted by Gasteiger charge is 2.12. The van der Waals surface area contributed by atoms with Crippen molar-refractivity contribution in [1.82, 2.24) is 4.98 Å². The Kier molecular flexibility index (Phi) is 4.30. The molecule has 0 amide bonds. The molecule has 1 atom stereocenters. The molecule has 1 aromatic heterocycles. The van der Waals surface area contributed by atoms with Crippen molar-refractivity contribution < 1.29 is 4.74 Å². The van der Waals surface area contributed by atoms with Crippen molar-refractivity contribution in [2.45, 2.75) is 46.6 Å². The van der Waals surface area contributed by atoms with Gasteiger partial charge in [-0.1, -0.05) is 13.3 Å². The van der Waals surface area contributed by atoms with Gasteiger partial charge in [-0.25, -0.2) is 4.98 Å². The summed E-state index contributed by atoms with van der Waals surface area (Å²) in [4.78, 5) is 4.28. The van der Waals surface area contributed by atoms with Gasteiger partial charge in [-0.3, -0.25) is 0 Å². The van der Waals surface area contributed by atoms with Crippen LogP contribution in [0.1, 0.15) is 43.5 Å². The molecular weight excluding hydrogens is 200 g/mol. The number of rotatable bonds is 4. The van der Waals surface area contributed by atoms with E-state index < -0.39 is 0 Å². The Bertz CT molecular complexity index is 407. The zero-order valence-electron chi connectivity index (χ0n) is 10.4. The number of nitriles is 1. The van der Waals surface area contributed by atoms with Gasteiger partial charge in [0.2, 0.25) is 5.88 Å². The number of pyridine rings is 1. The van der Waals surface area contributed by atoms with E-state index in [4.69, 9.17) is 10.00 Å². The molecule has 0 aliphatic carbocycles. The van der Waals surface area contributed by atoms with Gasteiger partial charge in [0, 0.05) is 5.69 Å². The van der Waals surface area contributed by atoms with E-state index in [1.807, 2.05) is 26.8 Å². The van der Waals surface area contributed by atoms with E-state index in [-0.39, 0.29) is 6.10 Å². The first-order valence-electron chi connectivity index (χ1n) is 5.63. The number of hydrogen-bond acceptors (Lipinski definition) is 3. The minimum absolute atomic E-state index is 0.103. The molecule has 1 heterocycles. The third-order valence-corrected chi connectivity index (χ3v) is 2.43. The summed E-state index contributed by atoms with van der Waals surface area (Å²) in [5, 5.41) is 9.06. The number of aromatic nitrogens is 1. The predicted octanol–water partition coefficient (Wildman–Crippen LogP) is 3.14. The molecule has 0 aromatic carbocycles. The van der Waals surface area contributed by atoms with Crippen molar-refractivity contribution in [3.63, 3.8) is 0 Å². The van der Waals surface area contributed by atoms with Crippen LogP contribution in [0.5, 0.6) is 5.88 Å². The van der Waals surface area contributed by atoms with Crippen molar-refractivity contribution in [3.05, 3.63) is 22.9 Å². The average molecular weight is 218 g/mol. The van der Waals surface area contributed by atoms with E-state index in [9.17, 15) is 0 Å². The van der Waals surface area contributed by atoms with Gasteiger partial charge in [-0.05, 0) is 38.8 Å². The highest BCUT2D eigenvalue weighted by Crippen LogP contribution is 2.21. The van der Waals surface area contributed by atoms with Crippen molar-refractivity contribution >= 4 is 0 Å². The Labute approximate surface area is 97.1 Å². The molecule has 3 heteroatoms.